The molecule has 66 heavy (non-hydrogen) atoms. The lowest BCUT2D eigenvalue weighted by Gasteiger charge is -2.18. The number of esters is 3. The maximum absolute atomic E-state index is 12.8. The summed E-state index contributed by atoms with van der Waals surface area (Å²) in [4.78, 5) is 38.1. The van der Waals surface area contributed by atoms with Crippen LogP contribution in [0.1, 0.15) is 284 Å². The van der Waals surface area contributed by atoms with Gasteiger partial charge in [0.25, 0.3) is 0 Å². The predicted molar refractivity (Wildman–Crippen MR) is 284 cm³/mol. The third-order valence-electron chi connectivity index (χ3n) is 12.3. The molecule has 1 atom stereocenters. The minimum Gasteiger partial charge on any atom is -0.462 e. The lowest BCUT2D eigenvalue weighted by Crippen LogP contribution is -2.30. The molecule has 6 heteroatoms. The van der Waals surface area contributed by atoms with E-state index >= 15 is 0 Å². The summed E-state index contributed by atoms with van der Waals surface area (Å²) in [5, 5.41) is 0. The highest BCUT2D eigenvalue weighted by Gasteiger charge is 2.19. The first-order valence-corrected chi connectivity index (χ1v) is 28.3. The Morgan fingerprint density at radius 1 is 0.333 bits per heavy atom. The zero-order valence-corrected chi connectivity index (χ0v) is 43.7. The SMILES string of the molecule is CC/C=C\C/C=C\CCCCCCCCCC(=O)OCC(COC(=O)CCCCCCCCC/C=C\CCCCCCCCCC)OC(=O)CCCCCCCC/C=C\C=C/CCCCC. The van der Waals surface area contributed by atoms with Gasteiger partial charge in [0.1, 0.15) is 13.2 Å². The zero-order chi connectivity index (χ0) is 47.9. The molecule has 0 heterocycles. The summed E-state index contributed by atoms with van der Waals surface area (Å²) in [7, 11) is 0. The molecule has 0 aliphatic carbocycles. The maximum atomic E-state index is 12.8. The minimum absolute atomic E-state index is 0.0831. The molecule has 0 N–H and O–H groups in total. The van der Waals surface area contributed by atoms with Gasteiger partial charge in [0, 0.05) is 19.3 Å². The van der Waals surface area contributed by atoms with Crippen molar-refractivity contribution in [3.63, 3.8) is 0 Å². The number of hydrogen-bond acceptors (Lipinski definition) is 6. The summed E-state index contributed by atoms with van der Waals surface area (Å²) in [6.07, 6.45) is 67.8. The first-order chi connectivity index (χ1) is 32.5. The molecule has 0 bridgehead atoms. The van der Waals surface area contributed by atoms with Gasteiger partial charge in [-0.2, -0.15) is 0 Å². The summed E-state index contributed by atoms with van der Waals surface area (Å²) in [6.45, 7) is 6.51. The van der Waals surface area contributed by atoms with Crippen LogP contribution >= 0.6 is 0 Å². The van der Waals surface area contributed by atoms with Crippen LogP contribution in [0, 0.1) is 0 Å². The topological polar surface area (TPSA) is 78.9 Å². The van der Waals surface area contributed by atoms with Crippen molar-refractivity contribution in [3.05, 3.63) is 60.8 Å². The molecular weight excluding hydrogens is 817 g/mol. The van der Waals surface area contributed by atoms with Crippen LogP contribution in [-0.4, -0.2) is 37.2 Å². The molecule has 6 nitrogen and oxygen atoms in total. The molecule has 0 amide bonds. The summed E-state index contributed by atoms with van der Waals surface area (Å²) < 4.78 is 16.8. The molecule has 0 rings (SSSR count). The van der Waals surface area contributed by atoms with E-state index in [1.54, 1.807) is 0 Å². The highest BCUT2D eigenvalue weighted by atomic mass is 16.6. The molecule has 0 fully saturated rings. The molecule has 0 saturated carbocycles. The van der Waals surface area contributed by atoms with Gasteiger partial charge in [-0.3, -0.25) is 14.4 Å². The summed E-state index contributed by atoms with van der Waals surface area (Å²) in [5.41, 5.74) is 0. The Morgan fingerprint density at radius 2 is 0.636 bits per heavy atom. The number of hydrogen-bond donors (Lipinski definition) is 0. The lowest BCUT2D eigenvalue weighted by molar-refractivity contribution is -0.167. The third-order valence-corrected chi connectivity index (χ3v) is 12.3. The number of rotatable bonds is 51. The summed E-state index contributed by atoms with van der Waals surface area (Å²) in [5.74, 6) is -0.899. The number of unbranched alkanes of at least 4 members (excludes halogenated alkanes) is 31. The van der Waals surface area contributed by atoms with E-state index in [9.17, 15) is 14.4 Å². The van der Waals surface area contributed by atoms with E-state index in [0.717, 1.165) is 89.9 Å². The van der Waals surface area contributed by atoms with Crippen LogP contribution in [0.4, 0.5) is 0 Å². The fourth-order valence-corrected chi connectivity index (χ4v) is 8.00. The fraction of sp³-hybridized carbons (Fsp3) is 0.783. The van der Waals surface area contributed by atoms with Crippen molar-refractivity contribution in [2.75, 3.05) is 13.2 Å². The molecule has 0 aliphatic heterocycles. The highest BCUT2D eigenvalue weighted by Crippen LogP contribution is 2.15. The highest BCUT2D eigenvalue weighted by molar-refractivity contribution is 5.71. The van der Waals surface area contributed by atoms with E-state index < -0.39 is 6.10 Å². The van der Waals surface area contributed by atoms with Crippen molar-refractivity contribution in [1.29, 1.82) is 0 Å². The van der Waals surface area contributed by atoms with Crippen LogP contribution in [0.5, 0.6) is 0 Å². The van der Waals surface area contributed by atoms with Crippen LogP contribution < -0.4 is 0 Å². The average molecular weight is 924 g/mol. The molecule has 0 aromatic carbocycles. The quantitative estimate of drug-likeness (QED) is 0.0199. The van der Waals surface area contributed by atoms with Crippen LogP contribution in [0.3, 0.4) is 0 Å². The van der Waals surface area contributed by atoms with Crippen molar-refractivity contribution < 1.29 is 28.6 Å². The van der Waals surface area contributed by atoms with Gasteiger partial charge < -0.3 is 14.2 Å². The largest absolute Gasteiger partial charge is 0.462 e. The normalized spacial score (nSPS) is 12.5. The number of carbonyl (C=O) groups is 3. The van der Waals surface area contributed by atoms with Gasteiger partial charge in [0.15, 0.2) is 6.10 Å². The Balaban J connectivity index is 4.37. The predicted octanol–water partition coefficient (Wildman–Crippen LogP) is 18.8. The van der Waals surface area contributed by atoms with Crippen molar-refractivity contribution >= 4 is 17.9 Å². The van der Waals surface area contributed by atoms with E-state index in [4.69, 9.17) is 14.2 Å². The first-order valence-electron chi connectivity index (χ1n) is 28.3. The molecule has 0 aliphatic rings. The number of allylic oxidation sites excluding steroid dienone is 10. The molecule has 0 saturated heterocycles. The van der Waals surface area contributed by atoms with E-state index in [1.165, 1.54) is 154 Å². The lowest BCUT2D eigenvalue weighted by atomic mass is 10.1. The molecular formula is C60H106O6. The standard InChI is InChI=1S/C60H106O6/c1-4-7-10-13-16-19-22-25-28-29-30-31-33-35-38-41-44-47-50-53-59(62)65-56-57(55-64-58(61)52-49-46-43-40-37-34-27-24-21-18-15-12-9-6-3)66-60(63)54-51-48-45-42-39-36-32-26-23-20-17-14-11-8-5-2/h9,12,17-18,20-21,23,26,29-30,57H,4-8,10-11,13-16,19,22,24-25,27-28,31-56H2,1-3H3/b12-9-,20-17-,21-18-,26-23-,30-29-. The van der Waals surface area contributed by atoms with Crippen molar-refractivity contribution in [3.8, 4) is 0 Å². The Morgan fingerprint density at radius 3 is 1.05 bits per heavy atom. The van der Waals surface area contributed by atoms with E-state index in [0.29, 0.717) is 19.3 Å². The van der Waals surface area contributed by atoms with Gasteiger partial charge in [-0.1, -0.05) is 229 Å². The first kappa shape index (κ1) is 63.1. The zero-order valence-electron chi connectivity index (χ0n) is 43.7. The molecule has 0 radical (unpaired) electrons. The molecule has 0 spiro atoms. The van der Waals surface area contributed by atoms with E-state index in [2.05, 4.69) is 81.5 Å². The van der Waals surface area contributed by atoms with Gasteiger partial charge in [0.2, 0.25) is 0 Å². The van der Waals surface area contributed by atoms with Crippen LogP contribution in [0.25, 0.3) is 0 Å². The Labute approximate surface area is 409 Å². The van der Waals surface area contributed by atoms with Crippen LogP contribution in [-0.2, 0) is 28.6 Å². The smallest absolute Gasteiger partial charge is 0.306 e. The maximum Gasteiger partial charge on any atom is 0.306 e. The Hall–Kier alpha value is -2.89. The monoisotopic (exact) mass is 923 g/mol. The van der Waals surface area contributed by atoms with Gasteiger partial charge in [0.05, 0.1) is 0 Å². The fourth-order valence-electron chi connectivity index (χ4n) is 8.00. The molecule has 0 aromatic rings. The van der Waals surface area contributed by atoms with Crippen molar-refractivity contribution in [2.24, 2.45) is 0 Å². The average Bonchev–Trinajstić information content (AvgIpc) is 3.31. The van der Waals surface area contributed by atoms with Crippen LogP contribution in [0.2, 0.25) is 0 Å². The second-order valence-electron chi connectivity index (χ2n) is 18.8. The summed E-state index contributed by atoms with van der Waals surface area (Å²) >= 11 is 0. The van der Waals surface area contributed by atoms with Gasteiger partial charge in [-0.05, 0) is 96.3 Å². The third kappa shape index (κ3) is 52.1. The minimum atomic E-state index is -0.785. The van der Waals surface area contributed by atoms with Crippen molar-refractivity contribution in [2.45, 2.75) is 290 Å². The second kappa shape index (κ2) is 54.7. The van der Waals surface area contributed by atoms with Crippen molar-refractivity contribution in [1.82, 2.24) is 0 Å². The molecule has 1 unspecified atom stereocenters. The Kier molecular flexibility index (Phi) is 52.3. The Bertz CT molecular complexity index is 1200. The molecule has 382 valence electrons. The van der Waals surface area contributed by atoms with Gasteiger partial charge in [-0.15, -0.1) is 0 Å². The second-order valence-corrected chi connectivity index (χ2v) is 18.8. The molecule has 0 aromatic heterocycles. The van der Waals surface area contributed by atoms with Gasteiger partial charge >= 0.3 is 17.9 Å². The van der Waals surface area contributed by atoms with E-state index in [1.807, 2.05) is 0 Å². The van der Waals surface area contributed by atoms with E-state index in [-0.39, 0.29) is 31.1 Å². The number of ether oxygens (including phenoxy) is 3. The summed E-state index contributed by atoms with van der Waals surface area (Å²) in [6, 6.07) is 0. The van der Waals surface area contributed by atoms with Crippen LogP contribution in [0.15, 0.2) is 60.8 Å². The van der Waals surface area contributed by atoms with Gasteiger partial charge in [-0.25, -0.2) is 0 Å². The number of carbonyl (C=O) groups excluding carboxylic acids is 3.